The molecular formula is C18H23N3O4. The molecule has 134 valence electrons. The maximum Gasteiger partial charge on any atom is 0.323 e. The van der Waals surface area contributed by atoms with E-state index in [-0.39, 0.29) is 5.97 Å². The van der Waals surface area contributed by atoms with Crippen molar-refractivity contribution in [2.75, 3.05) is 13.7 Å². The fraction of sp³-hybridized carbons (Fsp3) is 0.500. The highest BCUT2D eigenvalue weighted by Crippen LogP contribution is 2.23. The van der Waals surface area contributed by atoms with Crippen LogP contribution in [-0.4, -0.2) is 51.9 Å². The van der Waals surface area contributed by atoms with Crippen molar-refractivity contribution in [3.8, 4) is 11.4 Å². The van der Waals surface area contributed by atoms with Crippen molar-refractivity contribution in [2.45, 2.75) is 44.9 Å². The molecule has 1 aliphatic heterocycles. The van der Waals surface area contributed by atoms with Crippen LogP contribution in [0.2, 0.25) is 0 Å². The lowest BCUT2D eigenvalue weighted by Gasteiger charge is -2.19. The zero-order valence-electron chi connectivity index (χ0n) is 14.7. The van der Waals surface area contributed by atoms with E-state index in [0.29, 0.717) is 37.1 Å². The quantitative estimate of drug-likeness (QED) is 0.829. The summed E-state index contributed by atoms with van der Waals surface area (Å²) < 4.78 is 10.1. The van der Waals surface area contributed by atoms with Gasteiger partial charge in [-0.2, -0.15) is 4.98 Å². The molecule has 1 aromatic heterocycles. The van der Waals surface area contributed by atoms with Crippen LogP contribution in [0.5, 0.6) is 0 Å². The van der Waals surface area contributed by atoms with Gasteiger partial charge in [-0.3, -0.25) is 9.69 Å². The van der Waals surface area contributed by atoms with Crippen LogP contribution in [0, 0.1) is 0 Å². The summed E-state index contributed by atoms with van der Waals surface area (Å²) in [5.74, 6) is 1.03. The number of aliphatic hydroxyl groups is 1. The van der Waals surface area contributed by atoms with E-state index < -0.39 is 12.1 Å². The van der Waals surface area contributed by atoms with Crippen LogP contribution in [-0.2, 0) is 16.1 Å². The number of ether oxygens (including phenoxy) is 1. The lowest BCUT2D eigenvalue weighted by Crippen LogP contribution is -2.36. The van der Waals surface area contributed by atoms with E-state index in [9.17, 15) is 9.90 Å². The number of methoxy groups -OCH3 is 1. The molecule has 3 rings (SSSR count). The summed E-state index contributed by atoms with van der Waals surface area (Å²) in [4.78, 5) is 18.0. The van der Waals surface area contributed by atoms with Crippen LogP contribution in [0.25, 0.3) is 11.4 Å². The number of carbonyl (C=O) groups is 1. The molecule has 2 heterocycles. The van der Waals surface area contributed by atoms with Crippen molar-refractivity contribution in [1.82, 2.24) is 15.0 Å². The fourth-order valence-electron chi connectivity index (χ4n) is 3.06. The Kier molecular flexibility index (Phi) is 5.15. The van der Waals surface area contributed by atoms with E-state index in [4.69, 9.17) is 9.26 Å². The first-order valence-electron chi connectivity index (χ1n) is 8.40. The first-order chi connectivity index (χ1) is 12.0. The van der Waals surface area contributed by atoms with Crippen molar-refractivity contribution in [1.29, 1.82) is 0 Å². The Morgan fingerprint density at radius 1 is 1.40 bits per heavy atom. The van der Waals surface area contributed by atoms with Gasteiger partial charge in [-0.1, -0.05) is 43.3 Å². The van der Waals surface area contributed by atoms with Crippen molar-refractivity contribution in [3.05, 3.63) is 35.7 Å². The molecule has 2 atom stereocenters. The van der Waals surface area contributed by atoms with Gasteiger partial charge in [0.2, 0.25) is 11.7 Å². The van der Waals surface area contributed by atoms with E-state index in [2.05, 4.69) is 36.1 Å². The minimum absolute atomic E-state index is 0.300. The molecule has 0 saturated carbocycles. The van der Waals surface area contributed by atoms with E-state index in [1.165, 1.54) is 12.7 Å². The summed E-state index contributed by atoms with van der Waals surface area (Å²) in [5, 5.41) is 13.9. The molecule has 0 spiro atoms. The SMILES string of the molecule is COC(=O)[C@@H]1C[C@@H](O)CN1Cc1nc(-c2ccc(C(C)C)cc2)no1. The third-order valence-electron chi connectivity index (χ3n) is 4.50. The van der Waals surface area contributed by atoms with Crippen LogP contribution in [0.3, 0.4) is 0 Å². The van der Waals surface area contributed by atoms with E-state index in [1.807, 2.05) is 12.1 Å². The number of hydrogen-bond acceptors (Lipinski definition) is 7. The number of rotatable bonds is 5. The first kappa shape index (κ1) is 17.6. The Hall–Kier alpha value is -2.25. The standard InChI is InChI=1S/C18H23N3O4/c1-11(2)12-4-6-13(7-5-12)17-19-16(25-20-17)10-21-9-14(22)8-15(21)18(23)24-3/h4-7,11,14-15,22H,8-10H2,1-3H3/t14-,15+/m1/s1. The monoisotopic (exact) mass is 345 g/mol. The number of aromatic nitrogens is 2. The minimum atomic E-state index is -0.560. The maximum absolute atomic E-state index is 11.8. The smallest absolute Gasteiger partial charge is 0.323 e. The molecule has 0 radical (unpaired) electrons. The highest BCUT2D eigenvalue weighted by Gasteiger charge is 2.37. The number of nitrogens with zero attached hydrogens (tertiary/aromatic N) is 3. The number of hydrogen-bond donors (Lipinski definition) is 1. The van der Waals surface area contributed by atoms with E-state index in [1.54, 1.807) is 4.90 Å². The molecule has 0 bridgehead atoms. The van der Waals surface area contributed by atoms with Crippen LogP contribution >= 0.6 is 0 Å². The van der Waals surface area contributed by atoms with Gasteiger partial charge in [0.05, 0.1) is 19.8 Å². The van der Waals surface area contributed by atoms with Crippen molar-refractivity contribution < 1.29 is 19.2 Å². The minimum Gasteiger partial charge on any atom is -0.468 e. The lowest BCUT2D eigenvalue weighted by molar-refractivity contribution is -0.146. The van der Waals surface area contributed by atoms with Gasteiger partial charge in [0, 0.05) is 18.5 Å². The molecule has 1 saturated heterocycles. The second kappa shape index (κ2) is 7.33. The number of likely N-dealkylation sites (tertiary alicyclic amines) is 1. The average Bonchev–Trinajstić information content (AvgIpc) is 3.21. The molecule has 7 heteroatoms. The Balaban J connectivity index is 1.72. The predicted octanol–water partition coefficient (Wildman–Crippen LogP) is 1.97. The number of benzene rings is 1. The largest absolute Gasteiger partial charge is 0.468 e. The van der Waals surface area contributed by atoms with Gasteiger partial charge in [-0.25, -0.2) is 0 Å². The van der Waals surface area contributed by atoms with Crippen LogP contribution in [0.4, 0.5) is 0 Å². The summed E-state index contributed by atoms with van der Waals surface area (Å²) >= 11 is 0. The molecule has 7 nitrogen and oxygen atoms in total. The molecule has 1 aliphatic rings. The molecule has 2 aromatic rings. The number of carbonyl (C=O) groups excluding carboxylic acids is 1. The van der Waals surface area contributed by atoms with Gasteiger partial charge in [0.1, 0.15) is 6.04 Å². The topological polar surface area (TPSA) is 88.7 Å². The zero-order chi connectivity index (χ0) is 18.0. The lowest BCUT2D eigenvalue weighted by atomic mass is 10.0. The summed E-state index contributed by atoms with van der Waals surface area (Å²) in [5.41, 5.74) is 2.13. The number of esters is 1. The average molecular weight is 345 g/mol. The number of β-amino-alcohol motifs (C(OH)–C–C–N with tert-alkyl or cyclic N) is 1. The third kappa shape index (κ3) is 3.88. The summed E-state index contributed by atoms with van der Waals surface area (Å²) in [7, 11) is 1.34. The zero-order valence-corrected chi connectivity index (χ0v) is 14.7. The molecule has 1 N–H and O–H groups in total. The van der Waals surface area contributed by atoms with Gasteiger partial charge in [-0.15, -0.1) is 0 Å². The molecule has 0 aliphatic carbocycles. The summed E-state index contributed by atoms with van der Waals surface area (Å²) in [6, 6.07) is 7.57. The van der Waals surface area contributed by atoms with Gasteiger partial charge in [0.25, 0.3) is 0 Å². The highest BCUT2D eigenvalue weighted by molar-refractivity contribution is 5.76. The third-order valence-corrected chi connectivity index (χ3v) is 4.50. The summed E-state index contributed by atoms with van der Waals surface area (Å²) in [6.45, 7) is 4.96. The molecule has 1 aromatic carbocycles. The van der Waals surface area contributed by atoms with Gasteiger partial charge in [-0.05, 0) is 11.5 Å². The van der Waals surface area contributed by atoms with Crippen LogP contribution < -0.4 is 0 Å². The normalized spacial score (nSPS) is 21.0. The Morgan fingerprint density at radius 2 is 2.12 bits per heavy atom. The van der Waals surface area contributed by atoms with Crippen molar-refractivity contribution in [3.63, 3.8) is 0 Å². The Morgan fingerprint density at radius 3 is 2.76 bits per heavy atom. The van der Waals surface area contributed by atoms with Crippen LogP contribution in [0.1, 0.15) is 37.6 Å². The molecule has 0 unspecified atom stereocenters. The molecule has 1 fully saturated rings. The Labute approximate surface area is 146 Å². The van der Waals surface area contributed by atoms with E-state index in [0.717, 1.165) is 5.56 Å². The van der Waals surface area contributed by atoms with Crippen molar-refractivity contribution >= 4 is 5.97 Å². The second-order valence-electron chi connectivity index (χ2n) is 6.65. The highest BCUT2D eigenvalue weighted by atomic mass is 16.5. The van der Waals surface area contributed by atoms with Gasteiger partial charge >= 0.3 is 5.97 Å². The van der Waals surface area contributed by atoms with Crippen molar-refractivity contribution in [2.24, 2.45) is 0 Å². The maximum atomic E-state index is 11.8. The second-order valence-corrected chi connectivity index (χ2v) is 6.65. The van der Waals surface area contributed by atoms with Gasteiger partial charge < -0.3 is 14.4 Å². The Bertz CT molecular complexity index is 726. The molecule has 0 amide bonds. The first-order valence-corrected chi connectivity index (χ1v) is 8.40. The molecular weight excluding hydrogens is 322 g/mol. The fourth-order valence-corrected chi connectivity index (χ4v) is 3.06. The number of aliphatic hydroxyl groups excluding tert-OH is 1. The molecule has 25 heavy (non-hydrogen) atoms. The van der Waals surface area contributed by atoms with E-state index >= 15 is 0 Å². The van der Waals surface area contributed by atoms with Gasteiger partial charge in [0.15, 0.2) is 0 Å². The summed E-state index contributed by atoms with van der Waals surface area (Å²) in [6.07, 6.45) is -0.209. The predicted molar refractivity (Wildman–Crippen MR) is 90.7 cm³/mol. The van der Waals surface area contributed by atoms with Crippen LogP contribution in [0.15, 0.2) is 28.8 Å².